The number of aryl methyl sites for hydroxylation is 1. The molecule has 4 rings (SSSR count). The lowest BCUT2D eigenvalue weighted by Gasteiger charge is -2.12. The molecular formula is C26H26N2O3S. The van der Waals surface area contributed by atoms with E-state index in [4.69, 9.17) is 9.47 Å². The first kappa shape index (κ1) is 22.0. The van der Waals surface area contributed by atoms with Gasteiger partial charge < -0.3 is 14.8 Å². The van der Waals surface area contributed by atoms with Gasteiger partial charge in [0.05, 0.1) is 23.8 Å². The average Bonchev–Trinajstić information content (AvgIpc) is 3.14. The van der Waals surface area contributed by atoms with Gasteiger partial charge in [0.25, 0.3) is 5.91 Å². The standard InChI is InChI=1S/C26H26N2O3S/c1-4-17-7-11-19(12-8-17)27-26-28-25(29)24(32-26)16-22-21-15-20(30-5-2)13-9-18(21)10-14-23(22)31-6-3/h7-16H,4-6H2,1-3H3,(H,27,28,29)/b24-16-. The molecule has 0 unspecified atom stereocenters. The molecule has 3 aromatic carbocycles. The summed E-state index contributed by atoms with van der Waals surface area (Å²) in [6, 6.07) is 18.0. The van der Waals surface area contributed by atoms with Crippen molar-refractivity contribution in [1.29, 1.82) is 0 Å². The quantitative estimate of drug-likeness (QED) is 0.446. The van der Waals surface area contributed by atoms with Crippen molar-refractivity contribution in [1.82, 2.24) is 5.32 Å². The highest BCUT2D eigenvalue weighted by atomic mass is 32.2. The molecule has 0 saturated carbocycles. The van der Waals surface area contributed by atoms with E-state index in [1.54, 1.807) is 0 Å². The molecule has 0 aromatic heterocycles. The third-order valence-corrected chi connectivity index (χ3v) is 6.02. The van der Waals surface area contributed by atoms with E-state index >= 15 is 0 Å². The number of amides is 1. The Morgan fingerprint density at radius 1 is 0.969 bits per heavy atom. The van der Waals surface area contributed by atoms with E-state index in [9.17, 15) is 4.79 Å². The van der Waals surface area contributed by atoms with E-state index in [1.807, 2.05) is 62.4 Å². The fraction of sp³-hybridized carbons (Fsp3) is 0.231. The average molecular weight is 447 g/mol. The lowest BCUT2D eigenvalue weighted by Crippen LogP contribution is -2.19. The third-order valence-electron chi connectivity index (χ3n) is 5.11. The summed E-state index contributed by atoms with van der Waals surface area (Å²) in [5, 5.41) is 5.47. The number of hydrogen-bond acceptors (Lipinski definition) is 5. The van der Waals surface area contributed by atoms with Crippen molar-refractivity contribution in [2.45, 2.75) is 27.2 Å². The van der Waals surface area contributed by atoms with Crippen LogP contribution in [0, 0.1) is 0 Å². The molecule has 6 heteroatoms. The van der Waals surface area contributed by atoms with Gasteiger partial charge in [0, 0.05) is 5.56 Å². The second kappa shape index (κ2) is 9.92. The zero-order chi connectivity index (χ0) is 22.5. The molecular weight excluding hydrogens is 420 g/mol. The molecule has 1 saturated heterocycles. The number of nitrogens with zero attached hydrogens (tertiary/aromatic N) is 1. The van der Waals surface area contributed by atoms with Crippen LogP contribution in [0.4, 0.5) is 5.69 Å². The molecule has 3 aromatic rings. The van der Waals surface area contributed by atoms with Crippen molar-refractivity contribution in [3.05, 3.63) is 70.6 Å². The number of thioether (sulfide) groups is 1. The van der Waals surface area contributed by atoms with Gasteiger partial charge in [-0.2, -0.15) is 0 Å². The normalized spacial score (nSPS) is 16.0. The summed E-state index contributed by atoms with van der Waals surface area (Å²) >= 11 is 1.33. The van der Waals surface area contributed by atoms with E-state index in [1.165, 1.54) is 17.3 Å². The summed E-state index contributed by atoms with van der Waals surface area (Å²) in [5.41, 5.74) is 2.92. The zero-order valence-electron chi connectivity index (χ0n) is 18.5. The van der Waals surface area contributed by atoms with Crippen LogP contribution in [0.25, 0.3) is 16.8 Å². The Balaban J connectivity index is 1.72. The molecule has 1 amide bonds. The van der Waals surface area contributed by atoms with E-state index in [0.717, 1.165) is 39.9 Å². The third kappa shape index (κ3) is 4.81. The van der Waals surface area contributed by atoms with Crippen molar-refractivity contribution in [2.75, 3.05) is 13.2 Å². The molecule has 1 heterocycles. The number of carbonyl (C=O) groups is 1. The van der Waals surface area contributed by atoms with Gasteiger partial charge >= 0.3 is 0 Å². The highest BCUT2D eigenvalue weighted by Crippen LogP contribution is 2.36. The minimum absolute atomic E-state index is 0.167. The van der Waals surface area contributed by atoms with Crippen molar-refractivity contribution in [2.24, 2.45) is 4.99 Å². The smallest absolute Gasteiger partial charge is 0.264 e. The fourth-order valence-electron chi connectivity index (χ4n) is 3.52. The number of amidine groups is 1. The Hall–Kier alpha value is -3.25. The number of aliphatic imine (C=N–C) groups is 1. The lowest BCUT2D eigenvalue weighted by molar-refractivity contribution is -0.115. The highest BCUT2D eigenvalue weighted by Gasteiger charge is 2.25. The van der Waals surface area contributed by atoms with Crippen LogP contribution >= 0.6 is 11.8 Å². The second-order valence-electron chi connectivity index (χ2n) is 7.23. The molecule has 1 aliphatic heterocycles. The maximum Gasteiger partial charge on any atom is 0.264 e. The Bertz CT molecular complexity index is 1190. The summed E-state index contributed by atoms with van der Waals surface area (Å²) in [6.45, 7) is 7.15. The van der Waals surface area contributed by atoms with Gasteiger partial charge in [0.15, 0.2) is 5.17 Å². The monoisotopic (exact) mass is 446 g/mol. The van der Waals surface area contributed by atoms with E-state index in [0.29, 0.717) is 23.3 Å². The van der Waals surface area contributed by atoms with E-state index in [-0.39, 0.29) is 5.91 Å². The molecule has 1 aliphatic rings. The molecule has 1 N–H and O–H groups in total. The molecule has 0 spiro atoms. The highest BCUT2D eigenvalue weighted by molar-refractivity contribution is 8.18. The van der Waals surface area contributed by atoms with Crippen molar-refractivity contribution < 1.29 is 14.3 Å². The van der Waals surface area contributed by atoms with Gasteiger partial charge in [0.2, 0.25) is 0 Å². The van der Waals surface area contributed by atoms with Crippen LogP contribution in [-0.2, 0) is 11.2 Å². The first-order valence-corrected chi connectivity index (χ1v) is 11.6. The Labute approximate surface area is 192 Å². The zero-order valence-corrected chi connectivity index (χ0v) is 19.3. The number of benzene rings is 3. The number of fused-ring (bicyclic) bond motifs is 1. The number of carbonyl (C=O) groups excluding carboxylic acids is 1. The molecule has 0 atom stereocenters. The largest absolute Gasteiger partial charge is 0.494 e. The minimum atomic E-state index is -0.167. The van der Waals surface area contributed by atoms with E-state index in [2.05, 4.69) is 29.4 Å². The predicted octanol–water partition coefficient (Wildman–Crippen LogP) is 6.09. The summed E-state index contributed by atoms with van der Waals surface area (Å²) in [6.07, 6.45) is 2.86. The van der Waals surface area contributed by atoms with E-state index < -0.39 is 0 Å². The van der Waals surface area contributed by atoms with Crippen LogP contribution < -0.4 is 14.8 Å². The lowest BCUT2D eigenvalue weighted by atomic mass is 10.0. The number of rotatable bonds is 7. The number of ether oxygens (including phenoxy) is 2. The van der Waals surface area contributed by atoms with Crippen molar-refractivity contribution in [3.8, 4) is 11.5 Å². The fourth-order valence-corrected chi connectivity index (χ4v) is 4.35. The predicted molar refractivity (Wildman–Crippen MR) is 133 cm³/mol. The molecule has 5 nitrogen and oxygen atoms in total. The summed E-state index contributed by atoms with van der Waals surface area (Å²) < 4.78 is 11.6. The van der Waals surface area contributed by atoms with Gasteiger partial charge in [-0.05, 0) is 84.8 Å². The SMILES string of the molecule is CCOc1ccc2ccc(OCC)c(/C=C3\SC(=Nc4ccc(CC)cc4)NC3=O)c2c1. The molecule has 0 radical (unpaired) electrons. The van der Waals surface area contributed by atoms with Gasteiger partial charge in [-0.25, -0.2) is 4.99 Å². The Morgan fingerprint density at radius 2 is 1.72 bits per heavy atom. The maximum absolute atomic E-state index is 12.7. The summed E-state index contributed by atoms with van der Waals surface area (Å²) in [7, 11) is 0. The molecule has 0 aliphatic carbocycles. The van der Waals surface area contributed by atoms with Gasteiger partial charge in [-0.15, -0.1) is 0 Å². The van der Waals surface area contributed by atoms with Crippen LogP contribution in [0.1, 0.15) is 31.9 Å². The second-order valence-corrected chi connectivity index (χ2v) is 8.26. The topological polar surface area (TPSA) is 59.9 Å². The van der Waals surface area contributed by atoms with Crippen molar-refractivity contribution in [3.63, 3.8) is 0 Å². The van der Waals surface area contributed by atoms with Crippen molar-refractivity contribution >= 4 is 45.4 Å². The minimum Gasteiger partial charge on any atom is -0.494 e. The Morgan fingerprint density at radius 3 is 2.44 bits per heavy atom. The van der Waals surface area contributed by atoms with Gasteiger partial charge in [-0.1, -0.05) is 31.2 Å². The molecule has 32 heavy (non-hydrogen) atoms. The summed E-state index contributed by atoms with van der Waals surface area (Å²) in [4.78, 5) is 17.9. The van der Waals surface area contributed by atoms with Crippen LogP contribution in [0.5, 0.6) is 11.5 Å². The van der Waals surface area contributed by atoms with Crippen LogP contribution in [0.15, 0.2) is 64.5 Å². The maximum atomic E-state index is 12.7. The van der Waals surface area contributed by atoms with Gasteiger partial charge in [-0.3, -0.25) is 4.79 Å². The summed E-state index contributed by atoms with van der Waals surface area (Å²) in [5.74, 6) is 1.35. The number of nitrogens with one attached hydrogen (secondary N) is 1. The Kier molecular flexibility index (Phi) is 6.81. The number of hydrogen-bond donors (Lipinski definition) is 1. The van der Waals surface area contributed by atoms with Crippen LogP contribution in [0.3, 0.4) is 0 Å². The molecule has 1 fully saturated rings. The van der Waals surface area contributed by atoms with Crippen LogP contribution in [-0.4, -0.2) is 24.3 Å². The molecule has 164 valence electrons. The first-order valence-electron chi connectivity index (χ1n) is 10.8. The first-order chi connectivity index (χ1) is 15.6. The van der Waals surface area contributed by atoms with Gasteiger partial charge in [0.1, 0.15) is 11.5 Å². The molecule has 0 bridgehead atoms. The van der Waals surface area contributed by atoms with Crippen LogP contribution in [0.2, 0.25) is 0 Å².